The van der Waals surface area contributed by atoms with Crippen molar-refractivity contribution in [3.05, 3.63) is 35.9 Å². The fourth-order valence-electron chi connectivity index (χ4n) is 2.74. The monoisotopic (exact) mass is 364 g/mol. The molecule has 1 saturated heterocycles. The van der Waals surface area contributed by atoms with Crippen molar-refractivity contribution in [2.75, 3.05) is 26.7 Å². The maximum atomic E-state index is 12.4. The molecule has 1 aliphatic rings. The largest absolute Gasteiger partial charge is 0.467 e. The van der Waals surface area contributed by atoms with Gasteiger partial charge in [-0.3, -0.25) is 9.69 Å². The highest BCUT2D eigenvalue weighted by Gasteiger charge is 2.35. The maximum Gasteiger partial charge on any atom is 0.410 e. The van der Waals surface area contributed by atoms with Crippen LogP contribution >= 0.6 is 0 Å². The number of rotatable bonds is 6. The number of hydrogen-bond acceptors (Lipinski definition) is 6. The van der Waals surface area contributed by atoms with Crippen molar-refractivity contribution < 1.29 is 29.0 Å². The van der Waals surface area contributed by atoms with Crippen LogP contribution in [-0.4, -0.2) is 71.8 Å². The Morgan fingerprint density at radius 2 is 1.96 bits per heavy atom. The molecule has 142 valence electrons. The molecule has 1 aromatic rings. The molecule has 1 aliphatic heterocycles. The first kappa shape index (κ1) is 19.7. The Labute approximate surface area is 152 Å². The van der Waals surface area contributed by atoms with E-state index < -0.39 is 24.2 Å². The van der Waals surface area contributed by atoms with Gasteiger partial charge in [0.2, 0.25) is 5.91 Å². The summed E-state index contributed by atoms with van der Waals surface area (Å²) in [4.78, 5) is 38.8. The summed E-state index contributed by atoms with van der Waals surface area (Å²) in [6.45, 7) is 2.64. The predicted molar refractivity (Wildman–Crippen MR) is 92.0 cm³/mol. The summed E-state index contributed by atoms with van der Waals surface area (Å²) in [5, 5.41) is 9.62. The van der Waals surface area contributed by atoms with Gasteiger partial charge in [-0.25, -0.2) is 9.59 Å². The zero-order valence-corrected chi connectivity index (χ0v) is 15.0. The Bertz CT molecular complexity index is 636. The second kappa shape index (κ2) is 9.19. The number of aliphatic hydroxyl groups is 1. The van der Waals surface area contributed by atoms with Crippen LogP contribution in [0.2, 0.25) is 0 Å². The Morgan fingerprint density at radius 1 is 1.27 bits per heavy atom. The normalized spacial score (nSPS) is 18.4. The lowest BCUT2D eigenvalue weighted by Gasteiger charge is -2.38. The number of amides is 2. The first-order valence-corrected chi connectivity index (χ1v) is 8.46. The van der Waals surface area contributed by atoms with E-state index in [1.165, 1.54) is 16.9 Å². The molecule has 2 unspecified atom stereocenters. The van der Waals surface area contributed by atoms with Crippen LogP contribution in [0.25, 0.3) is 0 Å². The third-order valence-electron chi connectivity index (χ3n) is 4.33. The quantitative estimate of drug-likeness (QED) is 0.750. The number of carbonyl (C=O) groups is 3. The maximum absolute atomic E-state index is 12.4. The van der Waals surface area contributed by atoms with Gasteiger partial charge in [-0.1, -0.05) is 30.3 Å². The summed E-state index contributed by atoms with van der Waals surface area (Å²) in [5.41, 5.74) is 0.871. The van der Waals surface area contributed by atoms with E-state index in [1.54, 1.807) is 6.92 Å². The van der Waals surface area contributed by atoms with Crippen LogP contribution in [0.3, 0.4) is 0 Å². The van der Waals surface area contributed by atoms with E-state index in [0.29, 0.717) is 13.1 Å². The van der Waals surface area contributed by atoms with E-state index in [9.17, 15) is 19.5 Å². The van der Waals surface area contributed by atoms with Crippen molar-refractivity contribution >= 4 is 18.0 Å². The van der Waals surface area contributed by atoms with Crippen molar-refractivity contribution in [3.63, 3.8) is 0 Å². The van der Waals surface area contributed by atoms with Crippen molar-refractivity contribution in [1.82, 2.24) is 9.80 Å². The van der Waals surface area contributed by atoms with Crippen molar-refractivity contribution in [1.29, 1.82) is 0 Å². The average molecular weight is 364 g/mol. The van der Waals surface area contributed by atoms with Gasteiger partial charge in [0, 0.05) is 26.1 Å². The molecule has 0 bridgehead atoms. The first-order valence-electron chi connectivity index (χ1n) is 8.46. The molecule has 0 aliphatic carbocycles. The van der Waals surface area contributed by atoms with Crippen LogP contribution in [0.5, 0.6) is 0 Å². The lowest BCUT2D eigenvalue weighted by molar-refractivity contribution is -0.152. The number of ether oxygens (including phenoxy) is 2. The van der Waals surface area contributed by atoms with E-state index in [4.69, 9.17) is 4.74 Å². The molecular formula is C18H24N2O6. The summed E-state index contributed by atoms with van der Waals surface area (Å²) >= 11 is 0. The number of hydrogen-bond donors (Lipinski definition) is 1. The Balaban J connectivity index is 1.84. The Kier molecular flexibility index (Phi) is 6.97. The Morgan fingerprint density at radius 3 is 2.62 bits per heavy atom. The minimum Gasteiger partial charge on any atom is -0.467 e. The second-order valence-corrected chi connectivity index (χ2v) is 6.06. The van der Waals surface area contributed by atoms with E-state index in [1.807, 2.05) is 30.3 Å². The SMILES string of the molecule is COC(=O)C(O)CCN1CCN(C(=O)OCc2ccccc2)C(C)C1=O. The fourth-order valence-corrected chi connectivity index (χ4v) is 2.74. The zero-order valence-electron chi connectivity index (χ0n) is 15.0. The molecule has 0 radical (unpaired) electrons. The van der Waals surface area contributed by atoms with Crippen LogP contribution in [0.15, 0.2) is 30.3 Å². The summed E-state index contributed by atoms with van der Waals surface area (Å²) < 4.78 is 9.73. The van der Waals surface area contributed by atoms with Gasteiger partial charge >= 0.3 is 12.1 Å². The molecule has 0 saturated carbocycles. The van der Waals surface area contributed by atoms with E-state index in [-0.39, 0.29) is 25.5 Å². The summed E-state index contributed by atoms with van der Waals surface area (Å²) in [6.07, 6.45) is -1.72. The molecule has 8 nitrogen and oxygen atoms in total. The van der Waals surface area contributed by atoms with Crippen molar-refractivity contribution in [2.24, 2.45) is 0 Å². The highest BCUT2D eigenvalue weighted by molar-refractivity contribution is 5.86. The molecule has 2 atom stereocenters. The van der Waals surface area contributed by atoms with Crippen LogP contribution in [-0.2, 0) is 25.7 Å². The third kappa shape index (κ3) is 4.95. The van der Waals surface area contributed by atoms with Crippen LogP contribution in [0.4, 0.5) is 4.79 Å². The predicted octanol–water partition coefficient (Wildman–Crippen LogP) is 0.780. The number of esters is 1. The first-order chi connectivity index (χ1) is 12.4. The number of methoxy groups -OCH3 is 1. The van der Waals surface area contributed by atoms with Gasteiger partial charge in [-0.2, -0.15) is 0 Å². The lowest BCUT2D eigenvalue weighted by Crippen LogP contribution is -2.58. The van der Waals surface area contributed by atoms with Gasteiger partial charge in [0.15, 0.2) is 6.10 Å². The number of piperazine rings is 1. The van der Waals surface area contributed by atoms with E-state index >= 15 is 0 Å². The Hall–Kier alpha value is -2.61. The van der Waals surface area contributed by atoms with Gasteiger partial charge in [0.25, 0.3) is 0 Å². The topological polar surface area (TPSA) is 96.4 Å². The van der Waals surface area contributed by atoms with Gasteiger partial charge in [0.1, 0.15) is 12.6 Å². The molecule has 1 heterocycles. The summed E-state index contributed by atoms with van der Waals surface area (Å²) in [6, 6.07) is 8.64. The molecule has 2 amide bonds. The number of nitrogens with zero attached hydrogens (tertiary/aromatic N) is 2. The molecule has 0 aromatic heterocycles. The summed E-state index contributed by atoms with van der Waals surface area (Å²) in [7, 11) is 1.19. The van der Waals surface area contributed by atoms with Gasteiger partial charge in [-0.05, 0) is 12.5 Å². The number of benzene rings is 1. The lowest BCUT2D eigenvalue weighted by atomic mass is 10.1. The minimum atomic E-state index is -1.27. The molecule has 2 rings (SSSR count). The van der Waals surface area contributed by atoms with Crippen molar-refractivity contribution in [3.8, 4) is 0 Å². The van der Waals surface area contributed by atoms with Crippen LogP contribution < -0.4 is 0 Å². The molecule has 1 fully saturated rings. The highest BCUT2D eigenvalue weighted by Crippen LogP contribution is 2.14. The zero-order chi connectivity index (χ0) is 19.1. The van der Waals surface area contributed by atoms with Crippen molar-refractivity contribution in [2.45, 2.75) is 32.1 Å². The molecule has 0 spiro atoms. The average Bonchev–Trinajstić information content (AvgIpc) is 2.67. The molecule has 1 N–H and O–H groups in total. The molecule has 1 aromatic carbocycles. The third-order valence-corrected chi connectivity index (χ3v) is 4.33. The number of aliphatic hydroxyl groups excluding tert-OH is 1. The van der Waals surface area contributed by atoms with Crippen LogP contribution in [0.1, 0.15) is 18.9 Å². The van der Waals surface area contributed by atoms with E-state index in [2.05, 4.69) is 4.74 Å². The summed E-state index contributed by atoms with van der Waals surface area (Å²) in [5.74, 6) is -0.974. The standard InChI is InChI=1S/C18H24N2O6/c1-13-16(22)19(9-8-15(21)17(23)25-2)10-11-20(13)18(24)26-12-14-6-4-3-5-7-14/h3-7,13,15,21H,8-12H2,1-2H3. The molecular weight excluding hydrogens is 340 g/mol. The number of carbonyl (C=O) groups excluding carboxylic acids is 3. The van der Waals surface area contributed by atoms with Gasteiger partial charge in [0.05, 0.1) is 7.11 Å². The van der Waals surface area contributed by atoms with E-state index in [0.717, 1.165) is 5.56 Å². The highest BCUT2D eigenvalue weighted by atomic mass is 16.6. The molecule has 26 heavy (non-hydrogen) atoms. The minimum absolute atomic E-state index is 0.0869. The van der Waals surface area contributed by atoms with Gasteiger partial charge in [-0.15, -0.1) is 0 Å². The second-order valence-electron chi connectivity index (χ2n) is 6.06. The fraction of sp³-hybridized carbons (Fsp3) is 0.500. The van der Waals surface area contributed by atoms with Gasteiger partial charge < -0.3 is 19.5 Å². The van der Waals surface area contributed by atoms with Crippen LogP contribution in [0, 0.1) is 0 Å². The molecule has 8 heteroatoms. The smallest absolute Gasteiger partial charge is 0.410 e.